The maximum absolute atomic E-state index is 14.0. The first-order valence-electron chi connectivity index (χ1n) is 6.56. The van der Waals surface area contributed by atoms with Gasteiger partial charge in [0, 0.05) is 0 Å². The molecule has 4 nitrogen and oxygen atoms in total. The molecule has 3 aromatic rings. The molecule has 5 heteroatoms. The smallest absolute Gasteiger partial charge is 0.136 e. The molecule has 0 aliphatic heterocycles. The molecular formula is C16H15FN4. The Morgan fingerprint density at radius 1 is 1.24 bits per heavy atom. The molecule has 3 rings (SSSR count). The monoisotopic (exact) mass is 282 g/mol. The van der Waals surface area contributed by atoms with Crippen LogP contribution in [0.5, 0.6) is 0 Å². The second-order valence-electron chi connectivity index (χ2n) is 5.09. The van der Waals surface area contributed by atoms with E-state index in [4.69, 9.17) is 11.1 Å². The summed E-state index contributed by atoms with van der Waals surface area (Å²) in [7, 11) is 0. The Balaban J connectivity index is 2.34. The number of nitrogens with one attached hydrogen (secondary N) is 1. The fourth-order valence-electron chi connectivity index (χ4n) is 2.44. The third kappa shape index (κ3) is 2.07. The quantitative estimate of drug-likeness (QED) is 0.560. The number of hydrogen-bond acceptors (Lipinski definition) is 2. The summed E-state index contributed by atoms with van der Waals surface area (Å²) in [5.41, 5.74) is 10.1. The minimum atomic E-state index is -0.509. The van der Waals surface area contributed by atoms with Gasteiger partial charge in [0.1, 0.15) is 18.0 Å². The van der Waals surface area contributed by atoms with Crippen molar-refractivity contribution in [2.24, 2.45) is 5.73 Å². The zero-order valence-electron chi connectivity index (χ0n) is 11.8. The summed E-state index contributed by atoms with van der Waals surface area (Å²) >= 11 is 0. The molecule has 0 aliphatic rings. The average molecular weight is 282 g/mol. The summed E-state index contributed by atoms with van der Waals surface area (Å²) < 4.78 is 15.7. The van der Waals surface area contributed by atoms with Crippen molar-refractivity contribution in [3.8, 4) is 5.69 Å². The van der Waals surface area contributed by atoms with Gasteiger partial charge in [0.05, 0.1) is 22.3 Å². The molecule has 1 aromatic heterocycles. The maximum Gasteiger partial charge on any atom is 0.136 e. The third-order valence-electron chi connectivity index (χ3n) is 3.68. The zero-order chi connectivity index (χ0) is 15.1. The lowest BCUT2D eigenvalue weighted by atomic mass is 10.1. The van der Waals surface area contributed by atoms with Gasteiger partial charge < -0.3 is 5.73 Å². The van der Waals surface area contributed by atoms with E-state index in [-0.39, 0.29) is 11.4 Å². The Morgan fingerprint density at radius 3 is 2.67 bits per heavy atom. The predicted octanol–water partition coefficient (Wildman–Crippen LogP) is 3.07. The van der Waals surface area contributed by atoms with Gasteiger partial charge in [0.2, 0.25) is 0 Å². The predicted molar refractivity (Wildman–Crippen MR) is 81.5 cm³/mol. The molecule has 0 unspecified atom stereocenters. The Kier molecular flexibility index (Phi) is 2.97. The number of nitrogen functional groups attached to an aromatic ring is 1. The highest BCUT2D eigenvalue weighted by Crippen LogP contribution is 2.24. The van der Waals surface area contributed by atoms with Gasteiger partial charge >= 0.3 is 0 Å². The number of aryl methyl sites for hydroxylation is 2. The van der Waals surface area contributed by atoms with Crippen LogP contribution in [-0.2, 0) is 0 Å². The van der Waals surface area contributed by atoms with Gasteiger partial charge in [0.15, 0.2) is 0 Å². The van der Waals surface area contributed by atoms with Gasteiger partial charge in [-0.3, -0.25) is 9.98 Å². The second-order valence-corrected chi connectivity index (χ2v) is 5.09. The lowest BCUT2D eigenvalue weighted by molar-refractivity contribution is 0.623. The van der Waals surface area contributed by atoms with Crippen molar-refractivity contribution in [2.75, 3.05) is 0 Å². The van der Waals surface area contributed by atoms with Crippen molar-refractivity contribution in [3.63, 3.8) is 0 Å². The van der Waals surface area contributed by atoms with E-state index in [1.54, 1.807) is 23.0 Å². The number of imidazole rings is 1. The fraction of sp³-hybridized carbons (Fsp3) is 0.125. The van der Waals surface area contributed by atoms with Crippen LogP contribution in [0, 0.1) is 25.1 Å². The lowest BCUT2D eigenvalue weighted by Crippen LogP contribution is -2.16. The van der Waals surface area contributed by atoms with Crippen LogP contribution in [0.25, 0.3) is 16.7 Å². The molecule has 1 heterocycles. The number of amidine groups is 1. The summed E-state index contributed by atoms with van der Waals surface area (Å²) in [5.74, 6) is -0.806. The highest BCUT2D eigenvalue weighted by atomic mass is 19.1. The Hall–Kier alpha value is -2.69. The van der Waals surface area contributed by atoms with Crippen LogP contribution in [0.4, 0.5) is 4.39 Å². The second kappa shape index (κ2) is 4.70. The van der Waals surface area contributed by atoms with Crippen LogP contribution in [0.1, 0.15) is 16.7 Å². The van der Waals surface area contributed by atoms with E-state index in [0.29, 0.717) is 5.69 Å². The van der Waals surface area contributed by atoms with Gasteiger partial charge in [-0.1, -0.05) is 6.07 Å². The number of nitrogens with zero attached hydrogens (tertiary/aromatic N) is 2. The summed E-state index contributed by atoms with van der Waals surface area (Å²) in [6, 6.07) is 8.63. The molecule has 0 saturated heterocycles. The van der Waals surface area contributed by atoms with Crippen LogP contribution in [0.2, 0.25) is 0 Å². The van der Waals surface area contributed by atoms with Crippen molar-refractivity contribution >= 4 is 16.9 Å². The molecule has 0 spiro atoms. The van der Waals surface area contributed by atoms with Crippen molar-refractivity contribution in [1.29, 1.82) is 5.41 Å². The summed E-state index contributed by atoms with van der Waals surface area (Å²) in [6.45, 7) is 4.04. The number of benzene rings is 2. The third-order valence-corrected chi connectivity index (χ3v) is 3.68. The van der Waals surface area contributed by atoms with Crippen molar-refractivity contribution in [3.05, 3.63) is 59.2 Å². The molecule has 0 amide bonds. The molecule has 106 valence electrons. The largest absolute Gasteiger partial charge is 0.384 e. The van der Waals surface area contributed by atoms with Gasteiger partial charge in [-0.05, 0) is 49.2 Å². The zero-order valence-corrected chi connectivity index (χ0v) is 11.8. The number of hydrogen-bond donors (Lipinski definition) is 2. The first-order valence-corrected chi connectivity index (χ1v) is 6.56. The maximum atomic E-state index is 14.0. The van der Waals surface area contributed by atoms with Gasteiger partial charge in [-0.15, -0.1) is 0 Å². The lowest BCUT2D eigenvalue weighted by Gasteiger charge is -2.11. The number of halogens is 1. The first-order chi connectivity index (χ1) is 9.99. The highest BCUT2D eigenvalue weighted by Gasteiger charge is 2.15. The van der Waals surface area contributed by atoms with E-state index < -0.39 is 5.82 Å². The SMILES string of the molecule is Cc1cc2ncn(-c3cccc(F)c3C(=N)N)c2cc1C. The van der Waals surface area contributed by atoms with E-state index >= 15 is 0 Å². The van der Waals surface area contributed by atoms with E-state index in [0.717, 1.165) is 22.2 Å². The molecule has 0 fully saturated rings. The van der Waals surface area contributed by atoms with Crippen LogP contribution >= 0.6 is 0 Å². The van der Waals surface area contributed by atoms with Crippen molar-refractivity contribution in [1.82, 2.24) is 9.55 Å². The number of aromatic nitrogens is 2. The van der Waals surface area contributed by atoms with E-state index in [9.17, 15) is 4.39 Å². The van der Waals surface area contributed by atoms with Crippen LogP contribution in [0.15, 0.2) is 36.7 Å². The number of nitrogens with two attached hydrogens (primary N) is 1. The standard InChI is InChI=1S/C16H15FN4/c1-9-6-12-14(7-10(9)2)21(8-20-12)13-5-3-4-11(17)15(13)16(18)19/h3-8H,1-2H3,(H3,18,19). The minimum Gasteiger partial charge on any atom is -0.384 e. The molecule has 0 saturated carbocycles. The molecule has 0 radical (unpaired) electrons. The molecular weight excluding hydrogens is 267 g/mol. The molecule has 0 bridgehead atoms. The topological polar surface area (TPSA) is 67.7 Å². The minimum absolute atomic E-state index is 0.0926. The average Bonchev–Trinajstić information content (AvgIpc) is 2.81. The van der Waals surface area contributed by atoms with Crippen LogP contribution in [0.3, 0.4) is 0 Å². The summed E-state index contributed by atoms with van der Waals surface area (Å²) in [6.07, 6.45) is 1.63. The Labute approximate surface area is 121 Å². The van der Waals surface area contributed by atoms with Crippen molar-refractivity contribution in [2.45, 2.75) is 13.8 Å². The molecule has 3 N–H and O–H groups in total. The molecule has 0 aliphatic carbocycles. The summed E-state index contributed by atoms with van der Waals surface area (Å²) in [5, 5.41) is 7.61. The molecule has 21 heavy (non-hydrogen) atoms. The fourth-order valence-corrected chi connectivity index (χ4v) is 2.44. The molecule has 0 atom stereocenters. The normalized spacial score (nSPS) is 11.0. The van der Waals surface area contributed by atoms with E-state index in [2.05, 4.69) is 4.98 Å². The number of fused-ring (bicyclic) bond motifs is 1. The van der Waals surface area contributed by atoms with E-state index in [1.807, 2.05) is 26.0 Å². The Bertz CT molecular complexity index is 864. The Morgan fingerprint density at radius 2 is 1.95 bits per heavy atom. The highest BCUT2D eigenvalue weighted by molar-refractivity contribution is 5.99. The van der Waals surface area contributed by atoms with E-state index in [1.165, 1.54) is 6.07 Å². The van der Waals surface area contributed by atoms with Gasteiger partial charge in [-0.25, -0.2) is 9.37 Å². The number of rotatable bonds is 2. The summed E-state index contributed by atoms with van der Waals surface area (Å²) in [4.78, 5) is 4.36. The first kappa shape index (κ1) is 13.3. The van der Waals surface area contributed by atoms with Crippen LogP contribution in [-0.4, -0.2) is 15.4 Å². The van der Waals surface area contributed by atoms with Crippen molar-refractivity contribution < 1.29 is 4.39 Å². The molecule has 2 aromatic carbocycles. The van der Waals surface area contributed by atoms with Gasteiger partial charge in [-0.2, -0.15) is 0 Å². The van der Waals surface area contributed by atoms with Crippen LogP contribution < -0.4 is 5.73 Å². The van der Waals surface area contributed by atoms with Gasteiger partial charge in [0.25, 0.3) is 0 Å².